The van der Waals surface area contributed by atoms with Crippen molar-refractivity contribution in [2.75, 3.05) is 13.1 Å². The number of Topliss-reactive ketones (excluding diaryl/α,β-unsaturated/α-hetero) is 1. The second-order valence-corrected chi connectivity index (χ2v) is 3.89. The van der Waals surface area contributed by atoms with E-state index in [0.29, 0.717) is 6.54 Å². The number of ketones is 1. The molecule has 14 heavy (non-hydrogen) atoms. The Kier molecular flexibility index (Phi) is 2.38. The highest BCUT2D eigenvalue weighted by molar-refractivity contribution is 6.00. The Hall–Kier alpha value is -1.15. The van der Waals surface area contributed by atoms with Crippen molar-refractivity contribution in [3.8, 4) is 0 Å². The summed E-state index contributed by atoms with van der Waals surface area (Å²) in [4.78, 5) is 13.9. The molecule has 0 bridgehead atoms. The third-order valence-corrected chi connectivity index (χ3v) is 2.77. The van der Waals surface area contributed by atoms with E-state index in [-0.39, 0.29) is 5.78 Å². The maximum absolute atomic E-state index is 11.8. The monoisotopic (exact) mass is 189 g/mol. The molecule has 0 radical (unpaired) electrons. The van der Waals surface area contributed by atoms with E-state index in [1.54, 1.807) is 0 Å². The lowest BCUT2D eigenvalue weighted by molar-refractivity contribution is 0.0906. The zero-order valence-electron chi connectivity index (χ0n) is 8.71. The number of likely N-dealkylation sites (N-methyl/N-ethyl adjacent to an activating group) is 1. The van der Waals surface area contributed by atoms with Crippen LogP contribution in [-0.2, 0) is 6.54 Å². The molecule has 2 heteroatoms. The van der Waals surface area contributed by atoms with Crippen molar-refractivity contribution in [3.05, 3.63) is 34.9 Å². The first-order valence-electron chi connectivity index (χ1n) is 5.06. The summed E-state index contributed by atoms with van der Waals surface area (Å²) in [6.45, 7) is 6.55. The maximum Gasteiger partial charge on any atom is 0.177 e. The van der Waals surface area contributed by atoms with Gasteiger partial charge in [0, 0.05) is 12.1 Å². The minimum Gasteiger partial charge on any atom is -0.293 e. The van der Waals surface area contributed by atoms with E-state index in [9.17, 15) is 4.79 Å². The van der Waals surface area contributed by atoms with Gasteiger partial charge >= 0.3 is 0 Å². The number of nitrogens with zero attached hydrogens (tertiary/aromatic N) is 1. The first kappa shape index (κ1) is 9.41. The zero-order chi connectivity index (χ0) is 10.1. The van der Waals surface area contributed by atoms with Crippen LogP contribution < -0.4 is 0 Å². The van der Waals surface area contributed by atoms with Crippen molar-refractivity contribution in [1.29, 1.82) is 0 Å². The number of hydrogen-bond acceptors (Lipinski definition) is 2. The third-order valence-electron chi connectivity index (χ3n) is 2.77. The van der Waals surface area contributed by atoms with Gasteiger partial charge in [-0.1, -0.05) is 24.6 Å². The van der Waals surface area contributed by atoms with Crippen LogP contribution in [0.5, 0.6) is 0 Å². The van der Waals surface area contributed by atoms with Crippen LogP contribution in [0.2, 0.25) is 0 Å². The first-order valence-corrected chi connectivity index (χ1v) is 5.06. The zero-order valence-corrected chi connectivity index (χ0v) is 8.71. The normalized spacial score (nSPS) is 16.9. The van der Waals surface area contributed by atoms with Gasteiger partial charge in [-0.2, -0.15) is 0 Å². The second kappa shape index (κ2) is 3.54. The predicted octanol–water partition coefficient (Wildman–Crippen LogP) is 2.01. The van der Waals surface area contributed by atoms with E-state index in [2.05, 4.69) is 24.0 Å². The van der Waals surface area contributed by atoms with E-state index in [4.69, 9.17) is 0 Å². The molecule has 0 unspecified atom stereocenters. The van der Waals surface area contributed by atoms with Crippen molar-refractivity contribution in [3.63, 3.8) is 0 Å². The van der Waals surface area contributed by atoms with Crippen LogP contribution in [0.1, 0.15) is 28.4 Å². The third kappa shape index (κ3) is 1.58. The number of fused-ring (bicyclic) bond motifs is 1. The summed E-state index contributed by atoms with van der Waals surface area (Å²) < 4.78 is 0. The molecule has 0 fully saturated rings. The fraction of sp³-hybridized carbons (Fsp3) is 0.417. The molecule has 1 aromatic carbocycles. The standard InChI is InChI=1S/C12H15NO/c1-3-13-7-10-5-4-9(2)6-11(10)12(14)8-13/h4-6H,3,7-8H2,1-2H3. The molecule has 1 aromatic rings. The van der Waals surface area contributed by atoms with Crippen LogP contribution in [0.3, 0.4) is 0 Å². The van der Waals surface area contributed by atoms with E-state index in [1.165, 1.54) is 11.1 Å². The number of rotatable bonds is 1. The molecule has 1 heterocycles. The van der Waals surface area contributed by atoms with Gasteiger partial charge < -0.3 is 0 Å². The molecule has 2 rings (SSSR count). The fourth-order valence-electron chi connectivity index (χ4n) is 1.90. The molecule has 0 saturated carbocycles. The number of carbonyl (C=O) groups excluding carboxylic acids is 1. The van der Waals surface area contributed by atoms with Gasteiger partial charge in [0.2, 0.25) is 0 Å². The van der Waals surface area contributed by atoms with Crippen LogP contribution >= 0.6 is 0 Å². The van der Waals surface area contributed by atoms with Crippen LogP contribution in [0.4, 0.5) is 0 Å². The van der Waals surface area contributed by atoms with Crippen LogP contribution in [0, 0.1) is 6.92 Å². The summed E-state index contributed by atoms with van der Waals surface area (Å²) in [7, 11) is 0. The van der Waals surface area contributed by atoms with Gasteiger partial charge in [-0.05, 0) is 25.1 Å². The Bertz CT molecular complexity index is 371. The molecule has 0 atom stereocenters. The summed E-state index contributed by atoms with van der Waals surface area (Å²) in [5.74, 6) is 0.261. The highest BCUT2D eigenvalue weighted by atomic mass is 16.1. The molecular formula is C12H15NO. The number of carbonyl (C=O) groups is 1. The van der Waals surface area contributed by atoms with E-state index < -0.39 is 0 Å². The van der Waals surface area contributed by atoms with Gasteiger partial charge in [-0.25, -0.2) is 0 Å². The number of hydrogen-bond donors (Lipinski definition) is 0. The summed E-state index contributed by atoms with van der Waals surface area (Å²) >= 11 is 0. The summed E-state index contributed by atoms with van der Waals surface area (Å²) in [5.41, 5.74) is 3.27. The largest absolute Gasteiger partial charge is 0.293 e. The molecule has 1 aliphatic rings. The Morgan fingerprint density at radius 2 is 2.14 bits per heavy atom. The molecule has 0 saturated heterocycles. The minimum atomic E-state index is 0.261. The predicted molar refractivity (Wildman–Crippen MR) is 56.5 cm³/mol. The van der Waals surface area contributed by atoms with E-state index in [0.717, 1.165) is 18.7 Å². The van der Waals surface area contributed by atoms with Gasteiger partial charge in [-0.15, -0.1) is 0 Å². The summed E-state index contributed by atoms with van der Waals surface area (Å²) in [6.07, 6.45) is 0. The topological polar surface area (TPSA) is 20.3 Å². The van der Waals surface area contributed by atoms with Crippen LogP contribution in [-0.4, -0.2) is 23.8 Å². The van der Waals surface area contributed by atoms with Crippen LogP contribution in [0.25, 0.3) is 0 Å². The molecule has 0 spiro atoms. The molecule has 74 valence electrons. The van der Waals surface area contributed by atoms with Crippen LogP contribution in [0.15, 0.2) is 18.2 Å². The van der Waals surface area contributed by atoms with Gasteiger partial charge in [0.05, 0.1) is 6.54 Å². The first-order chi connectivity index (χ1) is 6.70. The summed E-state index contributed by atoms with van der Waals surface area (Å²) in [5, 5.41) is 0. The van der Waals surface area contributed by atoms with Crippen molar-refractivity contribution >= 4 is 5.78 Å². The lowest BCUT2D eigenvalue weighted by Crippen LogP contribution is -2.34. The van der Waals surface area contributed by atoms with E-state index >= 15 is 0 Å². The fourth-order valence-corrected chi connectivity index (χ4v) is 1.90. The summed E-state index contributed by atoms with van der Waals surface area (Å²) in [6, 6.07) is 6.15. The second-order valence-electron chi connectivity index (χ2n) is 3.89. The van der Waals surface area contributed by atoms with Gasteiger partial charge in [0.25, 0.3) is 0 Å². The smallest absolute Gasteiger partial charge is 0.177 e. The molecule has 0 aromatic heterocycles. The molecule has 0 N–H and O–H groups in total. The number of aryl methyl sites for hydroxylation is 1. The van der Waals surface area contributed by atoms with Crippen molar-refractivity contribution < 1.29 is 4.79 Å². The quantitative estimate of drug-likeness (QED) is 0.673. The SMILES string of the molecule is CCN1CC(=O)c2cc(C)ccc2C1. The Balaban J connectivity index is 2.40. The average Bonchev–Trinajstić information content (AvgIpc) is 2.19. The highest BCUT2D eigenvalue weighted by Crippen LogP contribution is 2.19. The average molecular weight is 189 g/mol. The minimum absolute atomic E-state index is 0.261. The van der Waals surface area contributed by atoms with Gasteiger partial charge in [0.1, 0.15) is 0 Å². The van der Waals surface area contributed by atoms with E-state index in [1.807, 2.05) is 13.0 Å². The molecular weight excluding hydrogens is 174 g/mol. The lowest BCUT2D eigenvalue weighted by atomic mass is 9.97. The van der Waals surface area contributed by atoms with Crippen molar-refractivity contribution in [2.24, 2.45) is 0 Å². The Labute approximate surface area is 84.5 Å². The Morgan fingerprint density at radius 3 is 2.86 bits per heavy atom. The lowest BCUT2D eigenvalue weighted by Gasteiger charge is -2.26. The maximum atomic E-state index is 11.8. The molecule has 2 nitrogen and oxygen atoms in total. The highest BCUT2D eigenvalue weighted by Gasteiger charge is 2.21. The molecule has 0 aliphatic carbocycles. The number of benzene rings is 1. The Morgan fingerprint density at radius 1 is 1.36 bits per heavy atom. The van der Waals surface area contributed by atoms with Gasteiger partial charge in [0.15, 0.2) is 5.78 Å². The molecule has 0 amide bonds. The van der Waals surface area contributed by atoms with Crippen molar-refractivity contribution in [2.45, 2.75) is 20.4 Å². The van der Waals surface area contributed by atoms with Crippen molar-refractivity contribution in [1.82, 2.24) is 4.90 Å². The molecule has 1 aliphatic heterocycles. The van der Waals surface area contributed by atoms with Gasteiger partial charge in [-0.3, -0.25) is 9.69 Å².